The van der Waals surface area contributed by atoms with Crippen molar-refractivity contribution in [2.24, 2.45) is 17.8 Å². The SMILES string of the molecule is O=C(O)c1cc(F)c2nc(N3CC4C(/C=C/c5c(-c6c(Cl)cncc6Cl)noc5C5CC5)C4C3)sc2c1. The zero-order chi connectivity index (χ0) is 25.4. The number of thiazole rings is 1. The summed E-state index contributed by atoms with van der Waals surface area (Å²) in [6, 6.07) is 2.51. The van der Waals surface area contributed by atoms with Crippen molar-refractivity contribution in [3.63, 3.8) is 0 Å². The Labute approximate surface area is 224 Å². The van der Waals surface area contributed by atoms with Crippen molar-refractivity contribution in [1.29, 1.82) is 0 Å². The summed E-state index contributed by atoms with van der Waals surface area (Å²) in [5.74, 6) is 0.858. The van der Waals surface area contributed by atoms with Gasteiger partial charge in [-0.05, 0) is 42.7 Å². The Morgan fingerprint density at radius 3 is 2.59 bits per heavy atom. The van der Waals surface area contributed by atoms with Crippen molar-refractivity contribution in [3.8, 4) is 11.3 Å². The molecular formula is C26H19Cl2FN4O3S. The van der Waals surface area contributed by atoms with E-state index in [0.717, 1.165) is 48.5 Å². The molecule has 3 fully saturated rings. The number of benzene rings is 1. The number of aromatic carboxylic acids is 1. The largest absolute Gasteiger partial charge is 0.478 e. The summed E-state index contributed by atoms with van der Waals surface area (Å²) in [7, 11) is 0. The molecule has 11 heteroatoms. The van der Waals surface area contributed by atoms with Gasteiger partial charge in [0.05, 0.1) is 20.3 Å². The van der Waals surface area contributed by atoms with Crippen LogP contribution in [-0.4, -0.2) is 39.3 Å². The molecule has 0 bridgehead atoms. The van der Waals surface area contributed by atoms with Crippen molar-refractivity contribution >= 4 is 61.9 Å². The zero-order valence-electron chi connectivity index (χ0n) is 19.2. The predicted molar refractivity (Wildman–Crippen MR) is 140 cm³/mol. The van der Waals surface area contributed by atoms with Gasteiger partial charge >= 0.3 is 5.97 Å². The van der Waals surface area contributed by atoms with Gasteiger partial charge in [-0.3, -0.25) is 4.98 Å². The molecule has 1 N–H and O–H groups in total. The molecule has 1 aromatic carbocycles. The quantitative estimate of drug-likeness (QED) is 0.280. The normalized spacial score (nSPS) is 22.8. The summed E-state index contributed by atoms with van der Waals surface area (Å²) < 4.78 is 20.7. The number of hydrogen-bond acceptors (Lipinski definition) is 7. The number of allylic oxidation sites excluding steroid dienone is 1. The fraction of sp³-hybridized carbons (Fsp3) is 0.308. The van der Waals surface area contributed by atoms with Crippen LogP contribution in [0.3, 0.4) is 0 Å². The van der Waals surface area contributed by atoms with Gasteiger partial charge in [-0.15, -0.1) is 0 Å². The molecule has 0 spiro atoms. The van der Waals surface area contributed by atoms with E-state index in [1.807, 2.05) is 0 Å². The van der Waals surface area contributed by atoms with E-state index in [1.54, 1.807) is 12.4 Å². The molecule has 2 unspecified atom stereocenters. The standard InChI is InChI=1S/C26H19Cl2FN4O3S/c27-17-7-30-8-18(28)21(17)22-14(24(36-32-22)11-1-2-11)4-3-13-15-9-33(10-16(13)15)26-31-23-19(29)5-12(25(34)35)6-20(23)37-26/h3-8,11,13,15-16H,1-2,9-10H2,(H,34,35)/b4-3+. The number of aromatic nitrogens is 3. The summed E-state index contributed by atoms with van der Waals surface area (Å²) in [4.78, 5) is 21.9. The number of piperidine rings is 1. The fourth-order valence-electron chi connectivity index (χ4n) is 5.39. The van der Waals surface area contributed by atoms with E-state index in [9.17, 15) is 14.3 Å². The summed E-state index contributed by atoms with van der Waals surface area (Å²) >= 11 is 14.2. The van der Waals surface area contributed by atoms with Crippen molar-refractivity contribution in [2.45, 2.75) is 18.8 Å². The van der Waals surface area contributed by atoms with Crippen LogP contribution in [0.2, 0.25) is 10.0 Å². The molecule has 7 nitrogen and oxygen atoms in total. The first-order valence-electron chi connectivity index (χ1n) is 11.9. The fourth-order valence-corrected chi connectivity index (χ4v) is 6.97. The number of carbonyl (C=O) groups is 1. The summed E-state index contributed by atoms with van der Waals surface area (Å²) in [5.41, 5.74) is 2.35. The highest BCUT2D eigenvalue weighted by molar-refractivity contribution is 7.22. The zero-order valence-corrected chi connectivity index (χ0v) is 21.5. The molecule has 188 valence electrons. The molecule has 3 aromatic heterocycles. The van der Waals surface area contributed by atoms with Crippen LogP contribution in [-0.2, 0) is 0 Å². The molecule has 3 aliphatic rings. The number of rotatable bonds is 6. The number of nitrogens with zero attached hydrogens (tertiary/aromatic N) is 4. The minimum atomic E-state index is -1.15. The lowest BCUT2D eigenvalue weighted by Gasteiger charge is -2.17. The molecule has 1 aliphatic heterocycles. The van der Waals surface area contributed by atoms with Crippen molar-refractivity contribution in [2.75, 3.05) is 18.0 Å². The Morgan fingerprint density at radius 1 is 1.19 bits per heavy atom. The number of pyridine rings is 1. The first-order chi connectivity index (χ1) is 17.9. The molecule has 0 radical (unpaired) electrons. The third-order valence-corrected chi connectivity index (χ3v) is 9.13. The molecule has 2 saturated carbocycles. The number of hydrogen-bond donors (Lipinski definition) is 1. The number of carboxylic acid groups (broad SMARTS) is 1. The van der Waals surface area contributed by atoms with Crippen molar-refractivity contribution in [1.82, 2.24) is 15.1 Å². The van der Waals surface area contributed by atoms with Crippen molar-refractivity contribution in [3.05, 3.63) is 63.4 Å². The van der Waals surface area contributed by atoms with Gasteiger partial charge in [0, 0.05) is 42.5 Å². The molecule has 7 rings (SSSR count). The number of carboxylic acids is 1. The van der Waals surface area contributed by atoms with E-state index in [0.29, 0.717) is 49.7 Å². The number of anilines is 1. The number of fused-ring (bicyclic) bond motifs is 2. The second-order valence-electron chi connectivity index (χ2n) is 9.84. The van der Waals surface area contributed by atoms with E-state index < -0.39 is 11.8 Å². The Balaban J connectivity index is 1.11. The van der Waals surface area contributed by atoms with Crippen molar-refractivity contribution < 1.29 is 18.8 Å². The average molecular weight is 557 g/mol. The number of halogens is 3. The smallest absolute Gasteiger partial charge is 0.335 e. The van der Waals surface area contributed by atoms with Gasteiger partial charge in [-0.1, -0.05) is 51.8 Å². The van der Waals surface area contributed by atoms with E-state index in [4.69, 9.17) is 27.7 Å². The Kier molecular flexibility index (Phi) is 5.32. The lowest BCUT2D eigenvalue weighted by molar-refractivity contribution is 0.0696. The van der Waals surface area contributed by atoms with Crippen LogP contribution in [0, 0.1) is 23.6 Å². The monoisotopic (exact) mass is 556 g/mol. The third kappa shape index (κ3) is 3.91. The Hall–Kier alpha value is -3.01. The highest BCUT2D eigenvalue weighted by Crippen LogP contribution is 2.55. The van der Waals surface area contributed by atoms with Gasteiger partial charge < -0.3 is 14.5 Å². The third-order valence-electron chi connectivity index (χ3n) is 7.49. The summed E-state index contributed by atoms with van der Waals surface area (Å²) in [5, 5.41) is 15.1. The van der Waals surface area contributed by atoms with Gasteiger partial charge in [0.25, 0.3) is 0 Å². The Bertz CT molecular complexity index is 1580. The maximum absolute atomic E-state index is 14.4. The van der Waals surface area contributed by atoms with Crippen LogP contribution in [0.4, 0.5) is 9.52 Å². The maximum Gasteiger partial charge on any atom is 0.335 e. The van der Waals surface area contributed by atoms with Crippen LogP contribution in [0.5, 0.6) is 0 Å². The summed E-state index contributed by atoms with van der Waals surface area (Å²) in [6.07, 6.45) is 9.59. The minimum Gasteiger partial charge on any atom is -0.478 e. The first-order valence-corrected chi connectivity index (χ1v) is 13.5. The lowest BCUT2D eigenvalue weighted by Crippen LogP contribution is -2.23. The minimum absolute atomic E-state index is 0.0670. The maximum atomic E-state index is 14.4. The van der Waals surface area contributed by atoms with E-state index in [2.05, 4.69) is 32.2 Å². The highest BCUT2D eigenvalue weighted by atomic mass is 35.5. The highest BCUT2D eigenvalue weighted by Gasteiger charge is 2.54. The van der Waals surface area contributed by atoms with E-state index >= 15 is 0 Å². The second-order valence-corrected chi connectivity index (χ2v) is 11.7. The van der Waals surface area contributed by atoms with Crippen LogP contribution in [0.15, 0.2) is 35.1 Å². The molecule has 1 saturated heterocycles. The Morgan fingerprint density at radius 2 is 1.92 bits per heavy atom. The van der Waals surface area contributed by atoms with Crippen LogP contribution >= 0.6 is 34.5 Å². The van der Waals surface area contributed by atoms with Crippen LogP contribution in [0.1, 0.15) is 40.4 Å². The molecule has 2 atom stereocenters. The van der Waals surface area contributed by atoms with E-state index in [-0.39, 0.29) is 11.1 Å². The average Bonchev–Trinajstić information content (AvgIpc) is 3.62. The molecule has 4 heterocycles. The molecule has 4 aromatic rings. The molecule has 37 heavy (non-hydrogen) atoms. The molecule has 2 aliphatic carbocycles. The predicted octanol–water partition coefficient (Wildman–Crippen LogP) is 6.76. The summed E-state index contributed by atoms with van der Waals surface area (Å²) in [6.45, 7) is 1.64. The molecule has 0 amide bonds. The van der Waals surface area contributed by atoms with Gasteiger partial charge in [-0.2, -0.15) is 0 Å². The van der Waals surface area contributed by atoms with Crippen LogP contribution in [0.25, 0.3) is 27.6 Å². The van der Waals surface area contributed by atoms with Gasteiger partial charge in [0.1, 0.15) is 17.0 Å². The van der Waals surface area contributed by atoms with Gasteiger partial charge in [-0.25, -0.2) is 14.2 Å². The second kappa shape index (κ2) is 8.51. The lowest BCUT2D eigenvalue weighted by atomic mass is 10.0. The van der Waals surface area contributed by atoms with Gasteiger partial charge in [0.2, 0.25) is 0 Å². The molecular weight excluding hydrogens is 538 g/mol. The van der Waals surface area contributed by atoms with Crippen LogP contribution < -0.4 is 4.90 Å². The van der Waals surface area contributed by atoms with E-state index in [1.165, 1.54) is 17.4 Å². The first kappa shape index (κ1) is 23.1. The topological polar surface area (TPSA) is 92.3 Å². The van der Waals surface area contributed by atoms with Gasteiger partial charge in [0.15, 0.2) is 10.9 Å².